The van der Waals surface area contributed by atoms with E-state index in [4.69, 9.17) is 34.8 Å². The topological polar surface area (TPSA) is 29.1 Å². The van der Waals surface area contributed by atoms with Crippen LogP contribution in [0.15, 0.2) is 6.07 Å². The summed E-state index contributed by atoms with van der Waals surface area (Å²) in [4.78, 5) is 11.6. The van der Waals surface area contributed by atoms with Gasteiger partial charge in [-0.15, -0.1) is 22.9 Å². The molecule has 0 bridgehead atoms. The van der Waals surface area contributed by atoms with Gasteiger partial charge in [-0.2, -0.15) is 0 Å². The van der Waals surface area contributed by atoms with Crippen LogP contribution in [0, 0.1) is 0 Å². The minimum Gasteiger partial charge on any atom is -0.352 e. The van der Waals surface area contributed by atoms with E-state index in [2.05, 4.69) is 5.32 Å². The fraction of sp³-hybridized carbons (Fsp3) is 0.444. The third-order valence-electron chi connectivity index (χ3n) is 1.75. The van der Waals surface area contributed by atoms with Gasteiger partial charge in [-0.25, -0.2) is 0 Å². The van der Waals surface area contributed by atoms with Gasteiger partial charge < -0.3 is 5.32 Å². The number of nitrogens with one attached hydrogen (secondary N) is 1. The predicted molar refractivity (Wildman–Crippen MR) is 66.6 cm³/mol. The summed E-state index contributed by atoms with van der Waals surface area (Å²) in [6.07, 6.45) is 1.75. The van der Waals surface area contributed by atoms with E-state index in [0.717, 1.165) is 12.8 Å². The van der Waals surface area contributed by atoms with Gasteiger partial charge in [0.05, 0.1) is 9.90 Å². The third kappa shape index (κ3) is 4.19. The fourth-order valence-electron chi connectivity index (χ4n) is 1.01. The van der Waals surface area contributed by atoms with Crippen LogP contribution in [0.25, 0.3) is 0 Å². The van der Waals surface area contributed by atoms with Gasteiger partial charge in [-0.05, 0) is 18.9 Å². The van der Waals surface area contributed by atoms with Crippen molar-refractivity contribution in [2.45, 2.75) is 12.8 Å². The van der Waals surface area contributed by atoms with Gasteiger partial charge in [-0.1, -0.05) is 23.2 Å². The molecule has 0 atom stereocenters. The first kappa shape index (κ1) is 13.1. The van der Waals surface area contributed by atoms with Gasteiger partial charge in [0.2, 0.25) is 0 Å². The maximum atomic E-state index is 11.6. The summed E-state index contributed by atoms with van der Waals surface area (Å²) in [5.41, 5.74) is 0.442. The molecule has 2 nitrogen and oxygen atoms in total. The van der Waals surface area contributed by atoms with E-state index in [1.165, 1.54) is 11.3 Å². The number of carbonyl (C=O) groups excluding carboxylic acids is 1. The Morgan fingerprint density at radius 2 is 2.13 bits per heavy atom. The lowest BCUT2D eigenvalue weighted by Gasteiger charge is -2.02. The molecule has 0 aromatic carbocycles. The zero-order chi connectivity index (χ0) is 11.3. The molecule has 84 valence electrons. The molecule has 0 radical (unpaired) electrons. The Morgan fingerprint density at radius 3 is 2.67 bits per heavy atom. The lowest BCUT2D eigenvalue weighted by atomic mass is 10.3. The molecule has 1 aromatic rings. The van der Waals surface area contributed by atoms with E-state index in [9.17, 15) is 4.79 Å². The van der Waals surface area contributed by atoms with Gasteiger partial charge in [-0.3, -0.25) is 4.79 Å². The molecule has 1 amide bonds. The number of unbranched alkanes of at least 4 members (excludes halogenated alkanes) is 1. The molecule has 15 heavy (non-hydrogen) atoms. The zero-order valence-corrected chi connectivity index (χ0v) is 10.9. The first-order valence-corrected chi connectivity index (χ1v) is 6.55. The van der Waals surface area contributed by atoms with Crippen LogP contribution in [0.4, 0.5) is 0 Å². The van der Waals surface area contributed by atoms with E-state index in [0.29, 0.717) is 26.7 Å². The van der Waals surface area contributed by atoms with Crippen LogP contribution in [0.5, 0.6) is 0 Å². The maximum absolute atomic E-state index is 11.6. The number of hydrogen-bond acceptors (Lipinski definition) is 2. The number of halogens is 3. The average Bonchev–Trinajstić information content (AvgIpc) is 2.52. The molecule has 6 heteroatoms. The van der Waals surface area contributed by atoms with Crippen LogP contribution in [0.3, 0.4) is 0 Å². The number of rotatable bonds is 5. The summed E-state index contributed by atoms with van der Waals surface area (Å²) >= 11 is 18.3. The molecule has 1 rings (SSSR count). The molecule has 1 aromatic heterocycles. The van der Waals surface area contributed by atoms with Crippen LogP contribution in [0.1, 0.15) is 23.2 Å². The van der Waals surface area contributed by atoms with Gasteiger partial charge in [0.25, 0.3) is 5.91 Å². The smallest absolute Gasteiger partial charge is 0.253 e. The van der Waals surface area contributed by atoms with Crippen molar-refractivity contribution in [3.05, 3.63) is 20.3 Å². The average molecular weight is 287 g/mol. The molecule has 0 fully saturated rings. The van der Waals surface area contributed by atoms with Crippen LogP contribution in [0.2, 0.25) is 8.67 Å². The Morgan fingerprint density at radius 1 is 1.40 bits per heavy atom. The Kier molecular flexibility index (Phi) is 5.75. The zero-order valence-electron chi connectivity index (χ0n) is 7.86. The summed E-state index contributed by atoms with van der Waals surface area (Å²) in [7, 11) is 0. The standard InChI is InChI=1S/C9H10Cl3NOS/c10-3-1-2-4-13-9(14)6-5-7(11)15-8(6)12/h5H,1-4H2,(H,13,14). The largest absolute Gasteiger partial charge is 0.352 e. The van der Waals surface area contributed by atoms with Crippen LogP contribution in [-0.4, -0.2) is 18.3 Å². The fourth-order valence-corrected chi connectivity index (χ4v) is 2.66. The number of thiophene rings is 1. The van der Waals surface area contributed by atoms with E-state index >= 15 is 0 Å². The lowest BCUT2D eigenvalue weighted by Crippen LogP contribution is -2.24. The highest BCUT2D eigenvalue weighted by Gasteiger charge is 2.13. The Bertz CT molecular complexity index is 340. The van der Waals surface area contributed by atoms with Crippen molar-refractivity contribution in [3.8, 4) is 0 Å². The second-order valence-corrected chi connectivity index (χ2v) is 5.55. The van der Waals surface area contributed by atoms with E-state index in [1.807, 2.05) is 0 Å². The molecule has 0 aliphatic rings. The lowest BCUT2D eigenvalue weighted by molar-refractivity contribution is 0.0954. The highest BCUT2D eigenvalue weighted by Crippen LogP contribution is 2.30. The Labute approximate surface area is 108 Å². The Balaban J connectivity index is 2.43. The van der Waals surface area contributed by atoms with Gasteiger partial charge in [0, 0.05) is 12.4 Å². The van der Waals surface area contributed by atoms with E-state index in [1.54, 1.807) is 6.07 Å². The maximum Gasteiger partial charge on any atom is 0.253 e. The van der Waals surface area contributed by atoms with Gasteiger partial charge in [0.1, 0.15) is 4.34 Å². The molecule has 0 saturated heterocycles. The minimum absolute atomic E-state index is 0.183. The molecule has 0 unspecified atom stereocenters. The number of hydrogen-bond donors (Lipinski definition) is 1. The predicted octanol–water partition coefficient (Wildman–Crippen LogP) is 3.80. The van der Waals surface area contributed by atoms with Crippen molar-refractivity contribution < 1.29 is 4.79 Å². The molecule has 1 heterocycles. The monoisotopic (exact) mass is 285 g/mol. The molecule has 0 spiro atoms. The summed E-state index contributed by atoms with van der Waals surface area (Å²) < 4.78 is 0.945. The second kappa shape index (κ2) is 6.59. The van der Waals surface area contributed by atoms with E-state index in [-0.39, 0.29) is 5.91 Å². The summed E-state index contributed by atoms with van der Waals surface area (Å²) in [5.74, 6) is 0.429. The third-order valence-corrected chi connectivity index (χ3v) is 3.50. The molecular weight excluding hydrogens is 277 g/mol. The van der Waals surface area contributed by atoms with Crippen molar-refractivity contribution in [2.75, 3.05) is 12.4 Å². The highest BCUT2D eigenvalue weighted by atomic mass is 35.5. The summed E-state index contributed by atoms with van der Waals surface area (Å²) in [5, 5.41) is 2.75. The summed E-state index contributed by atoms with van der Waals surface area (Å²) in [6, 6.07) is 1.57. The van der Waals surface area contributed by atoms with Gasteiger partial charge in [0.15, 0.2) is 0 Å². The first-order valence-electron chi connectivity index (χ1n) is 4.44. The van der Waals surface area contributed by atoms with E-state index < -0.39 is 0 Å². The SMILES string of the molecule is O=C(NCCCCCl)c1cc(Cl)sc1Cl. The molecule has 1 N–H and O–H groups in total. The molecule has 0 aliphatic carbocycles. The Hall–Kier alpha value is 0.0400. The first-order chi connectivity index (χ1) is 7.15. The van der Waals surface area contributed by atoms with Crippen molar-refractivity contribution in [1.82, 2.24) is 5.32 Å². The van der Waals surface area contributed by atoms with Gasteiger partial charge >= 0.3 is 0 Å². The van der Waals surface area contributed by atoms with Crippen molar-refractivity contribution in [1.29, 1.82) is 0 Å². The van der Waals surface area contributed by atoms with Crippen LogP contribution in [-0.2, 0) is 0 Å². The van der Waals surface area contributed by atoms with Crippen LogP contribution >= 0.6 is 46.1 Å². The van der Waals surface area contributed by atoms with Crippen molar-refractivity contribution in [2.24, 2.45) is 0 Å². The number of carbonyl (C=O) groups is 1. The van der Waals surface area contributed by atoms with Crippen LogP contribution < -0.4 is 5.32 Å². The second-order valence-electron chi connectivity index (χ2n) is 2.89. The molecule has 0 aliphatic heterocycles. The van der Waals surface area contributed by atoms with Crippen molar-refractivity contribution in [3.63, 3.8) is 0 Å². The quantitative estimate of drug-likeness (QED) is 0.647. The highest BCUT2D eigenvalue weighted by molar-refractivity contribution is 7.20. The number of amides is 1. The normalized spacial score (nSPS) is 10.3. The summed E-state index contributed by atoms with van der Waals surface area (Å²) in [6.45, 7) is 0.606. The molecule has 0 saturated carbocycles. The number of alkyl halides is 1. The minimum atomic E-state index is -0.183. The van der Waals surface area contributed by atoms with Crippen molar-refractivity contribution >= 4 is 52.0 Å². The molecular formula is C9H10Cl3NOS.